The smallest absolute Gasteiger partial charge is 0.147 e. The molecule has 96 valence electrons. The number of hydrogen-bond donors (Lipinski definition) is 0. The number of halogens is 4. The summed E-state index contributed by atoms with van der Waals surface area (Å²) in [6, 6.07) is 4.00. The van der Waals surface area contributed by atoms with Crippen LogP contribution in [-0.2, 0) is 0 Å². The van der Waals surface area contributed by atoms with Gasteiger partial charge in [0, 0.05) is 10.8 Å². The summed E-state index contributed by atoms with van der Waals surface area (Å²) < 4.78 is 14.3. The molecule has 2 nitrogen and oxygen atoms in total. The molecule has 2 aromatic rings. The first-order valence-corrected chi connectivity index (χ1v) is 8.06. The van der Waals surface area contributed by atoms with Gasteiger partial charge in [0.1, 0.15) is 11.5 Å². The quantitative estimate of drug-likeness (QED) is 0.507. The second kappa shape index (κ2) is 5.69. The van der Waals surface area contributed by atoms with Gasteiger partial charge in [-0.15, -0.1) is 0 Å². The Balaban J connectivity index is 2.93. The van der Waals surface area contributed by atoms with Crippen LogP contribution >= 0.6 is 63.7 Å². The van der Waals surface area contributed by atoms with E-state index in [1.807, 2.05) is 12.1 Å². The van der Waals surface area contributed by atoms with Crippen molar-refractivity contribution in [2.24, 2.45) is 0 Å². The molecule has 0 fully saturated rings. The van der Waals surface area contributed by atoms with Crippen molar-refractivity contribution in [2.75, 3.05) is 14.2 Å². The highest BCUT2D eigenvalue weighted by molar-refractivity contribution is 9.11. The van der Waals surface area contributed by atoms with Crippen molar-refractivity contribution in [2.45, 2.75) is 0 Å². The molecule has 0 spiro atoms. The minimum Gasteiger partial charge on any atom is -0.494 e. The van der Waals surface area contributed by atoms with Gasteiger partial charge in [0.25, 0.3) is 0 Å². The fourth-order valence-corrected chi connectivity index (χ4v) is 4.85. The Morgan fingerprint density at radius 1 is 0.722 bits per heavy atom. The van der Waals surface area contributed by atoms with Gasteiger partial charge < -0.3 is 9.47 Å². The van der Waals surface area contributed by atoms with Crippen LogP contribution in [0.15, 0.2) is 30.0 Å². The van der Waals surface area contributed by atoms with Gasteiger partial charge in [0.05, 0.1) is 32.1 Å². The van der Waals surface area contributed by atoms with Crippen LogP contribution in [0.25, 0.3) is 10.8 Å². The van der Waals surface area contributed by atoms with Crippen molar-refractivity contribution in [3.63, 3.8) is 0 Å². The van der Waals surface area contributed by atoms with E-state index in [4.69, 9.17) is 9.47 Å². The highest BCUT2D eigenvalue weighted by Crippen LogP contribution is 2.46. The molecule has 0 aromatic heterocycles. The fraction of sp³-hybridized carbons (Fsp3) is 0.167. The first-order valence-electron chi connectivity index (χ1n) is 4.89. The van der Waals surface area contributed by atoms with Gasteiger partial charge >= 0.3 is 0 Å². The van der Waals surface area contributed by atoms with Gasteiger partial charge in [-0.3, -0.25) is 0 Å². The molecule has 0 unspecified atom stereocenters. The molecule has 0 aliphatic carbocycles. The number of fused-ring (bicyclic) bond motifs is 1. The lowest BCUT2D eigenvalue weighted by Gasteiger charge is -2.14. The van der Waals surface area contributed by atoms with E-state index in [1.54, 1.807) is 14.2 Å². The molecule has 2 aromatic carbocycles. The highest BCUT2D eigenvalue weighted by atomic mass is 79.9. The molecule has 0 saturated carbocycles. The third-order valence-electron chi connectivity index (χ3n) is 2.55. The summed E-state index contributed by atoms with van der Waals surface area (Å²) in [5, 5.41) is 2.07. The lowest BCUT2D eigenvalue weighted by atomic mass is 10.1. The topological polar surface area (TPSA) is 18.5 Å². The van der Waals surface area contributed by atoms with E-state index in [0.29, 0.717) is 0 Å². The normalized spacial score (nSPS) is 10.8. The highest BCUT2D eigenvalue weighted by Gasteiger charge is 2.17. The van der Waals surface area contributed by atoms with Gasteiger partial charge in [-0.1, -0.05) is 0 Å². The third-order valence-corrected chi connectivity index (χ3v) is 5.30. The third kappa shape index (κ3) is 2.32. The second-order valence-corrected chi connectivity index (χ2v) is 6.80. The molecule has 0 N–H and O–H groups in total. The maximum Gasteiger partial charge on any atom is 0.147 e. The summed E-state index contributed by atoms with van der Waals surface area (Å²) in [5.41, 5.74) is 0. The second-order valence-electron chi connectivity index (χ2n) is 3.51. The van der Waals surface area contributed by atoms with Gasteiger partial charge in [0.15, 0.2) is 0 Å². The van der Waals surface area contributed by atoms with E-state index >= 15 is 0 Å². The minimum atomic E-state index is 0.770. The van der Waals surface area contributed by atoms with Crippen LogP contribution in [0.4, 0.5) is 0 Å². The number of ether oxygens (including phenoxy) is 2. The average Bonchev–Trinajstić information content (AvgIpc) is 2.32. The molecule has 0 radical (unpaired) electrons. The van der Waals surface area contributed by atoms with Crippen molar-refractivity contribution in [1.82, 2.24) is 0 Å². The molecule has 0 aliphatic heterocycles. The van der Waals surface area contributed by atoms with Crippen LogP contribution in [0.2, 0.25) is 0 Å². The SMILES string of the molecule is COc1c(Br)cc2c(Br)c(OC)c(Br)cc2c1Br. The molecular formula is C12H8Br4O2. The Bertz CT molecular complexity index is 570. The lowest BCUT2D eigenvalue weighted by Crippen LogP contribution is -1.91. The summed E-state index contributed by atoms with van der Waals surface area (Å²) in [5.74, 6) is 1.54. The molecule has 0 amide bonds. The molecule has 6 heteroatoms. The van der Waals surface area contributed by atoms with Gasteiger partial charge in [-0.2, -0.15) is 0 Å². The number of benzene rings is 2. The van der Waals surface area contributed by atoms with Crippen LogP contribution in [0, 0.1) is 0 Å². The Hall–Kier alpha value is 0.220. The first kappa shape index (κ1) is 14.6. The zero-order valence-electron chi connectivity index (χ0n) is 9.48. The zero-order chi connectivity index (χ0) is 13.4. The standard InChI is InChI=1S/C12H8Br4O2/c1-17-11-7(13)3-6-5(9(11)15)4-8(14)12(18-2)10(6)16/h3-4H,1-2H3. The maximum absolute atomic E-state index is 5.36. The summed E-state index contributed by atoms with van der Waals surface area (Å²) in [7, 11) is 3.29. The van der Waals surface area contributed by atoms with Crippen molar-refractivity contribution in [1.29, 1.82) is 0 Å². The van der Waals surface area contributed by atoms with Crippen molar-refractivity contribution < 1.29 is 9.47 Å². The first-order chi connectivity index (χ1) is 8.51. The van der Waals surface area contributed by atoms with E-state index in [2.05, 4.69) is 63.7 Å². The molecule has 0 heterocycles. The summed E-state index contributed by atoms with van der Waals surface area (Å²) in [6.45, 7) is 0. The van der Waals surface area contributed by atoms with Crippen LogP contribution in [0.3, 0.4) is 0 Å². The Morgan fingerprint density at radius 2 is 1.06 bits per heavy atom. The summed E-state index contributed by atoms with van der Waals surface area (Å²) >= 11 is 14.1. The van der Waals surface area contributed by atoms with Gasteiger partial charge in [-0.25, -0.2) is 0 Å². The van der Waals surface area contributed by atoms with Crippen LogP contribution < -0.4 is 9.47 Å². The van der Waals surface area contributed by atoms with E-state index in [1.165, 1.54) is 0 Å². The molecule has 0 atom stereocenters. The average molecular weight is 504 g/mol. The van der Waals surface area contributed by atoms with Crippen molar-refractivity contribution in [3.05, 3.63) is 30.0 Å². The number of hydrogen-bond acceptors (Lipinski definition) is 2. The molecule has 0 saturated heterocycles. The van der Waals surface area contributed by atoms with E-state index in [9.17, 15) is 0 Å². The fourth-order valence-electron chi connectivity index (χ4n) is 1.73. The number of methoxy groups -OCH3 is 2. The van der Waals surface area contributed by atoms with Crippen molar-refractivity contribution >= 4 is 74.5 Å². The minimum absolute atomic E-state index is 0.770. The van der Waals surface area contributed by atoms with E-state index in [0.717, 1.165) is 40.2 Å². The Labute approximate surface area is 139 Å². The zero-order valence-corrected chi connectivity index (χ0v) is 15.8. The molecule has 0 bridgehead atoms. The van der Waals surface area contributed by atoms with Crippen LogP contribution in [0.1, 0.15) is 0 Å². The van der Waals surface area contributed by atoms with Crippen LogP contribution in [0.5, 0.6) is 11.5 Å². The molecular weight excluding hydrogens is 496 g/mol. The van der Waals surface area contributed by atoms with Crippen molar-refractivity contribution in [3.8, 4) is 11.5 Å². The van der Waals surface area contributed by atoms with Gasteiger partial charge in [-0.05, 0) is 75.9 Å². The van der Waals surface area contributed by atoms with Crippen LogP contribution in [-0.4, -0.2) is 14.2 Å². The largest absolute Gasteiger partial charge is 0.494 e. The van der Waals surface area contributed by atoms with E-state index < -0.39 is 0 Å². The predicted octanol–water partition coefficient (Wildman–Crippen LogP) is 5.91. The lowest BCUT2D eigenvalue weighted by molar-refractivity contribution is 0.408. The Kier molecular flexibility index (Phi) is 4.62. The Morgan fingerprint density at radius 3 is 1.33 bits per heavy atom. The molecule has 18 heavy (non-hydrogen) atoms. The predicted molar refractivity (Wildman–Crippen MR) is 87.9 cm³/mol. The monoisotopic (exact) mass is 500 g/mol. The number of rotatable bonds is 2. The van der Waals surface area contributed by atoms with E-state index in [-0.39, 0.29) is 0 Å². The molecule has 2 rings (SSSR count). The van der Waals surface area contributed by atoms with Gasteiger partial charge in [0.2, 0.25) is 0 Å². The molecule has 0 aliphatic rings. The maximum atomic E-state index is 5.36. The summed E-state index contributed by atoms with van der Waals surface area (Å²) in [6.07, 6.45) is 0. The summed E-state index contributed by atoms with van der Waals surface area (Å²) in [4.78, 5) is 0.